The van der Waals surface area contributed by atoms with Crippen molar-refractivity contribution in [1.29, 1.82) is 0 Å². The molecule has 0 aliphatic carbocycles. The van der Waals surface area contributed by atoms with Crippen LogP contribution in [0.25, 0.3) is 20.9 Å². The van der Waals surface area contributed by atoms with Crippen LogP contribution in [0.3, 0.4) is 0 Å². The molecule has 1 aliphatic rings. The van der Waals surface area contributed by atoms with E-state index in [4.69, 9.17) is 0 Å². The van der Waals surface area contributed by atoms with Crippen LogP contribution in [0, 0.1) is 0 Å². The van der Waals surface area contributed by atoms with E-state index in [2.05, 4.69) is 15.8 Å². The largest absolute Gasteiger partial charge is 0.465 e. The van der Waals surface area contributed by atoms with Crippen molar-refractivity contribution in [2.75, 3.05) is 14.2 Å². The van der Waals surface area contributed by atoms with Crippen molar-refractivity contribution >= 4 is 33.1 Å². The summed E-state index contributed by atoms with van der Waals surface area (Å²) >= 11 is 1.58. The van der Waals surface area contributed by atoms with Crippen molar-refractivity contribution in [2.24, 2.45) is 0 Å². The second-order valence-electron chi connectivity index (χ2n) is 8.55. The van der Waals surface area contributed by atoms with Gasteiger partial charge in [-0.2, -0.15) is 0 Å². The Morgan fingerprint density at radius 1 is 1.00 bits per heavy atom. The number of sulfone groups is 1. The Labute approximate surface area is 212 Å². The Morgan fingerprint density at radius 2 is 1.72 bits per heavy atom. The van der Waals surface area contributed by atoms with Gasteiger partial charge in [-0.25, -0.2) is 13.2 Å². The Kier molecular flexibility index (Phi) is 6.19. The number of pyridine rings is 1. The number of aromatic nitrogens is 1. The number of fused-ring (bicyclic) bond motifs is 1. The van der Waals surface area contributed by atoms with Crippen LogP contribution in [0.5, 0.6) is 0 Å². The zero-order valence-corrected chi connectivity index (χ0v) is 21.2. The monoisotopic (exact) mass is 518 g/mol. The van der Waals surface area contributed by atoms with E-state index >= 15 is 0 Å². The number of rotatable bonds is 6. The fourth-order valence-electron chi connectivity index (χ4n) is 4.19. The molecule has 36 heavy (non-hydrogen) atoms. The third kappa shape index (κ3) is 4.55. The molecule has 9 heteroatoms. The molecule has 4 aromatic rings. The van der Waals surface area contributed by atoms with Crippen LogP contribution < -0.4 is 0 Å². The summed E-state index contributed by atoms with van der Waals surface area (Å²) in [6.07, 6.45) is 3.26. The summed E-state index contributed by atoms with van der Waals surface area (Å²) < 4.78 is 30.6. The number of nitrogens with zero attached hydrogens (tertiary/aromatic N) is 2. The van der Waals surface area contributed by atoms with E-state index in [1.165, 1.54) is 31.4 Å². The molecule has 3 heterocycles. The van der Waals surface area contributed by atoms with E-state index in [1.807, 2.05) is 30.3 Å². The Morgan fingerprint density at radius 3 is 2.44 bits per heavy atom. The highest BCUT2D eigenvalue weighted by Crippen LogP contribution is 2.36. The van der Waals surface area contributed by atoms with E-state index in [9.17, 15) is 18.0 Å². The smallest absolute Gasteiger partial charge is 0.337 e. The van der Waals surface area contributed by atoms with E-state index in [-0.39, 0.29) is 22.1 Å². The first-order valence-corrected chi connectivity index (χ1v) is 13.6. The zero-order chi connectivity index (χ0) is 25.4. The first-order chi connectivity index (χ1) is 17.2. The average molecular weight is 519 g/mol. The zero-order valence-electron chi connectivity index (χ0n) is 19.6. The molecule has 1 amide bonds. The maximum Gasteiger partial charge on any atom is 0.337 e. The van der Waals surface area contributed by atoms with Crippen molar-refractivity contribution in [1.82, 2.24) is 9.88 Å². The van der Waals surface area contributed by atoms with Crippen molar-refractivity contribution in [2.45, 2.75) is 17.2 Å². The van der Waals surface area contributed by atoms with E-state index in [0.717, 1.165) is 32.0 Å². The van der Waals surface area contributed by atoms with Gasteiger partial charge in [0.1, 0.15) is 0 Å². The Balaban J connectivity index is 1.36. The summed E-state index contributed by atoms with van der Waals surface area (Å²) in [7, 11) is -0.566. The first kappa shape index (κ1) is 23.9. The second kappa shape index (κ2) is 9.33. The van der Waals surface area contributed by atoms with Crippen LogP contribution in [-0.4, -0.2) is 44.3 Å². The van der Waals surface area contributed by atoms with E-state index in [0.29, 0.717) is 12.1 Å². The van der Waals surface area contributed by atoms with Crippen LogP contribution >= 0.6 is 11.3 Å². The molecular formula is C27H22N2O5S2. The highest BCUT2D eigenvalue weighted by Gasteiger charge is 2.24. The van der Waals surface area contributed by atoms with Gasteiger partial charge in [0.15, 0.2) is 9.84 Å². The van der Waals surface area contributed by atoms with Gasteiger partial charge in [0.2, 0.25) is 0 Å². The number of hydrogen-bond acceptors (Lipinski definition) is 7. The number of carbonyl (C=O) groups excluding carboxylic acids is 2. The Hall–Kier alpha value is -3.82. The van der Waals surface area contributed by atoms with Gasteiger partial charge in [-0.3, -0.25) is 9.78 Å². The minimum Gasteiger partial charge on any atom is -0.465 e. The van der Waals surface area contributed by atoms with Crippen molar-refractivity contribution in [3.8, 4) is 20.9 Å². The van der Waals surface area contributed by atoms with Crippen LogP contribution in [0.1, 0.15) is 31.8 Å². The fourth-order valence-corrected chi connectivity index (χ4v) is 6.49. The highest BCUT2D eigenvalue weighted by molar-refractivity contribution is 7.90. The molecule has 0 fully saturated rings. The summed E-state index contributed by atoms with van der Waals surface area (Å²) in [6.45, 7) is 0.603. The molecule has 0 saturated carbocycles. The van der Waals surface area contributed by atoms with Gasteiger partial charge < -0.3 is 9.64 Å². The molecular weight excluding hydrogens is 496 g/mol. The lowest BCUT2D eigenvalue weighted by atomic mass is 10.1. The third-order valence-electron chi connectivity index (χ3n) is 6.05. The predicted octanol–water partition coefficient (Wildman–Crippen LogP) is 4.82. The van der Waals surface area contributed by atoms with Gasteiger partial charge in [-0.05, 0) is 71.3 Å². The molecule has 5 rings (SSSR count). The predicted molar refractivity (Wildman–Crippen MR) is 137 cm³/mol. The van der Waals surface area contributed by atoms with Crippen LogP contribution in [-0.2, 0) is 26.9 Å². The molecule has 0 N–H and O–H groups in total. The van der Waals surface area contributed by atoms with Crippen molar-refractivity contribution in [3.63, 3.8) is 0 Å². The molecule has 2 aromatic carbocycles. The van der Waals surface area contributed by atoms with E-state index < -0.39 is 15.8 Å². The number of hydrogen-bond donors (Lipinski definition) is 0. The number of thiophene rings is 1. The summed E-state index contributed by atoms with van der Waals surface area (Å²) in [4.78, 5) is 31.9. The SMILES string of the molecule is COC(=O)c1ccc(S(=O)(=O)Cc2cncc(-c3ccc(-c4ccc5c(c4)CN(C)C5=O)s3)c2)cc1. The molecule has 0 radical (unpaired) electrons. The van der Waals surface area contributed by atoms with Gasteiger partial charge in [-0.15, -0.1) is 11.3 Å². The summed E-state index contributed by atoms with van der Waals surface area (Å²) in [6, 6.07) is 17.4. The lowest BCUT2D eigenvalue weighted by Gasteiger charge is -2.07. The second-order valence-corrected chi connectivity index (χ2v) is 11.6. The highest BCUT2D eigenvalue weighted by atomic mass is 32.2. The molecule has 7 nitrogen and oxygen atoms in total. The van der Waals surface area contributed by atoms with Crippen molar-refractivity contribution in [3.05, 3.63) is 95.3 Å². The molecule has 1 aliphatic heterocycles. The molecule has 0 spiro atoms. The van der Waals surface area contributed by atoms with Crippen LogP contribution in [0.4, 0.5) is 0 Å². The lowest BCUT2D eigenvalue weighted by molar-refractivity contribution is 0.0600. The fraction of sp³-hybridized carbons (Fsp3) is 0.148. The van der Waals surface area contributed by atoms with Gasteiger partial charge in [0.05, 0.1) is 23.3 Å². The van der Waals surface area contributed by atoms with Crippen LogP contribution in [0.2, 0.25) is 0 Å². The average Bonchev–Trinajstić information content (AvgIpc) is 3.48. The first-order valence-electron chi connectivity index (χ1n) is 11.1. The Bertz CT molecular complexity index is 1590. The van der Waals surface area contributed by atoms with Gasteiger partial charge in [0.25, 0.3) is 5.91 Å². The molecule has 0 bridgehead atoms. The minimum atomic E-state index is -3.63. The van der Waals surface area contributed by atoms with Gasteiger partial charge in [-0.1, -0.05) is 6.07 Å². The number of amides is 1. The normalized spacial score (nSPS) is 13.1. The maximum absolute atomic E-state index is 13.0. The minimum absolute atomic E-state index is 0.0423. The number of ether oxygens (including phenoxy) is 1. The number of methoxy groups -OCH3 is 1. The third-order valence-corrected chi connectivity index (χ3v) is 8.94. The molecule has 2 aromatic heterocycles. The lowest BCUT2D eigenvalue weighted by Crippen LogP contribution is -2.17. The summed E-state index contributed by atoms with van der Waals surface area (Å²) in [5.74, 6) is -0.691. The summed E-state index contributed by atoms with van der Waals surface area (Å²) in [5, 5.41) is 0. The van der Waals surface area contributed by atoms with Crippen LogP contribution in [0.15, 0.2) is 78.0 Å². The van der Waals surface area contributed by atoms with Gasteiger partial charge in [0, 0.05) is 46.9 Å². The molecule has 0 saturated heterocycles. The topological polar surface area (TPSA) is 93.6 Å². The van der Waals surface area contributed by atoms with Gasteiger partial charge >= 0.3 is 5.97 Å². The molecule has 0 unspecified atom stereocenters. The van der Waals surface area contributed by atoms with E-state index in [1.54, 1.807) is 35.7 Å². The maximum atomic E-state index is 13.0. The number of benzene rings is 2. The number of esters is 1. The molecule has 182 valence electrons. The quantitative estimate of drug-likeness (QED) is 0.340. The number of carbonyl (C=O) groups is 2. The summed E-state index contributed by atoms with van der Waals surface area (Å²) in [5.41, 5.74) is 4.49. The molecule has 0 atom stereocenters. The standard InChI is InChI=1S/C27H22N2O5S2/c1-29-15-21-12-19(5-8-23(21)26(29)30)24-9-10-25(35-24)20-11-17(13-28-14-20)16-36(32,33)22-6-3-18(4-7-22)27(31)34-2/h3-14H,15-16H2,1-2H3. The van der Waals surface area contributed by atoms with Crippen molar-refractivity contribution < 1.29 is 22.7 Å².